The molecule has 1 aromatic heterocycles. The minimum absolute atomic E-state index is 0.584. The fourth-order valence-electron chi connectivity index (χ4n) is 0.742. The third kappa shape index (κ3) is 2.52. The summed E-state index contributed by atoms with van der Waals surface area (Å²) in [5.41, 5.74) is 0. The highest BCUT2D eigenvalue weighted by Crippen LogP contribution is 2.28. The van der Waals surface area contributed by atoms with Crippen LogP contribution in [0, 0.1) is 0 Å². The van der Waals surface area contributed by atoms with Crippen molar-refractivity contribution in [3.63, 3.8) is 0 Å². The number of aryl methyl sites for hydroxylation is 1. The molecule has 0 aliphatic rings. The molecule has 11 heavy (non-hydrogen) atoms. The van der Waals surface area contributed by atoms with E-state index in [2.05, 4.69) is 34.9 Å². The van der Waals surface area contributed by atoms with Crippen molar-refractivity contribution in [3.05, 3.63) is 10.7 Å². The Labute approximate surface area is 79.5 Å². The van der Waals surface area contributed by atoms with Crippen LogP contribution in [-0.4, -0.2) is 15.0 Å². The van der Waals surface area contributed by atoms with E-state index in [-0.39, 0.29) is 0 Å². The van der Waals surface area contributed by atoms with Crippen LogP contribution in [0.1, 0.15) is 13.8 Å². The summed E-state index contributed by atoms with van der Waals surface area (Å²) in [6.07, 6.45) is 1.96. The fraction of sp³-hybridized carbons (Fsp3) is 0.571. The Balaban J connectivity index is 2.77. The number of halogens is 1. The molecule has 0 fully saturated rings. The summed E-state index contributed by atoms with van der Waals surface area (Å²) in [7, 11) is 1.93. The first-order chi connectivity index (χ1) is 5.09. The molecule has 0 radical (unpaired) electrons. The average molecular weight is 235 g/mol. The lowest BCUT2D eigenvalue weighted by Gasteiger charge is -1.99. The molecule has 0 amide bonds. The molecule has 1 rings (SSSR count). The number of hydrogen-bond acceptors (Lipinski definition) is 2. The van der Waals surface area contributed by atoms with E-state index in [9.17, 15) is 0 Å². The van der Waals surface area contributed by atoms with Gasteiger partial charge in [-0.05, 0) is 15.9 Å². The quantitative estimate of drug-likeness (QED) is 0.733. The normalized spacial score (nSPS) is 11.0. The molecule has 0 saturated carbocycles. The fourth-order valence-corrected chi connectivity index (χ4v) is 2.19. The highest BCUT2D eigenvalue weighted by Gasteiger charge is 2.06. The van der Waals surface area contributed by atoms with Crippen molar-refractivity contribution in [1.29, 1.82) is 0 Å². The Morgan fingerprint density at radius 2 is 2.27 bits per heavy atom. The topological polar surface area (TPSA) is 17.8 Å². The summed E-state index contributed by atoms with van der Waals surface area (Å²) in [6, 6.07) is 0. The van der Waals surface area contributed by atoms with Crippen LogP contribution in [0.2, 0.25) is 0 Å². The molecule has 0 atom stereocenters. The van der Waals surface area contributed by atoms with Gasteiger partial charge in [0.25, 0.3) is 0 Å². The molecule has 0 aliphatic heterocycles. The second-order valence-electron chi connectivity index (χ2n) is 2.62. The Kier molecular flexibility index (Phi) is 3.01. The highest BCUT2D eigenvalue weighted by atomic mass is 79.9. The molecule has 0 N–H and O–H groups in total. The molecule has 0 unspecified atom stereocenters. The number of thioether (sulfide) groups is 1. The summed E-state index contributed by atoms with van der Waals surface area (Å²) in [6.45, 7) is 4.32. The van der Waals surface area contributed by atoms with Gasteiger partial charge in [0.2, 0.25) is 0 Å². The molecule has 0 aliphatic carbocycles. The van der Waals surface area contributed by atoms with Crippen LogP contribution in [0.25, 0.3) is 0 Å². The summed E-state index contributed by atoms with van der Waals surface area (Å²) in [5, 5.41) is 5.94. The van der Waals surface area contributed by atoms with Gasteiger partial charge in [-0.25, -0.2) is 0 Å². The van der Waals surface area contributed by atoms with Gasteiger partial charge in [0.1, 0.15) is 5.03 Å². The number of rotatable bonds is 2. The van der Waals surface area contributed by atoms with E-state index < -0.39 is 0 Å². The molecule has 0 bridgehead atoms. The van der Waals surface area contributed by atoms with E-state index in [0.29, 0.717) is 5.25 Å². The SMILES string of the molecule is CC(C)Sc1nn(C)cc1Br. The molecular formula is C7H11BrN2S. The van der Waals surface area contributed by atoms with Crippen LogP contribution >= 0.6 is 27.7 Å². The van der Waals surface area contributed by atoms with Crippen molar-refractivity contribution in [2.75, 3.05) is 0 Å². The Morgan fingerprint density at radius 3 is 2.64 bits per heavy atom. The summed E-state index contributed by atoms with van der Waals surface area (Å²) >= 11 is 5.21. The third-order valence-corrected chi connectivity index (χ3v) is 2.94. The average Bonchev–Trinajstić information content (AvgIpc) is 2.09. The maximum absolute atomic E-state index is 4.28. The van der Waals surface area contributed by atoms with Gasteiger partial charge < -0.3 is 0 Å². The van der Waals surface area contributed by atoms with E-state index in [0.717, 1.165) is 9.50 Å². The van der Waals surface area contributed by atoms with Crippen LogP contribution in [0.15, 0.2) is 15.7 Å². The van der Waals surface area contributed by atoms with E-state index in [4.69, 9.17) is 0 Å². The maximum atomic E-state index is 4.28. The van der Waals surface area contributed by atoms with Gasteiger partial charge in [0, 0.05) is 18.5 Å². The lowest BCUT2D eigenvalue weighted by atomic mass is 10.6. The molecule has 0 spiro atoms. The van der Waals surface area contributed by atoms with Crippen LogP contribution < -0.4 is 0 Å². The molecule has 0 aromatic carbocycles. The summed E-state index contributed by atoms with van der Waals surface area (Å²) in [4.78, 5) is 0. The summed E-state index contributed by atoms with van der Waals surface area (Å²) < 4.78 is 2.90. The lowest BCUT2D eigenvalue weighted by molar-refractivity contribution is 0.737. The molecule has 62 valence electrons. The van der Waals surface area contributed by atoms with E-state index in [1.807, 2.05) is 17.9 Å². The summed E-state index contributed by atoms with van der Waals surface area (Å²) in [5.74, 6) is 0. The zero-order valence-electron chi connectivity index (χ0n) is 6.84. The Bertz CT molecular complexity index is 245. The first kappa shape index (κ1) is 9.13. The van der Waals surface area contributed by atoms with Gasteiger partial charge in [-0.3, -0.25) is 4.68 Å². The van der Waals surface area contributed by atoms with E-state index in [1.165, 1.54) is 0 Å². The Morgan fingerprint density at radius 1 is 1.64 bits per heavy atom. The van der Waals surface area contributed by atoms with Gasteiger partial charge in [0.15, 0.2) is 0 Å². The lowest BCUT2D eigenvalue weighted by Crippen LogP contribution is -1.90. The van der Waals surface area contributed by atoms with Crippen molar-refractivity contribution >= 4 is 27.7 Å². The largest absolute Gasteiger partial charge is 0.274 e. The first-order valence-electron chi connectivity index (χ1n) is 3.45. The van der Waals surface area contributed by atoms with Crippen LogP contribution in [0.3, 0.4) is 0 Å². The zero-order valence-corrected chi connectivity index (χ0v) is 9.24. The predicted octanol–water partition coefficient (Wildman–Crippen LogP) is 2.68. The molecule has 1 heterocycles. The van der Waals surface area contributed by atoms with Crippen LogP contribution in [0.5, 0.6) is 0 Å². The van der Waals surface area contributed by atoms with Crippen molar-refractivity contribution in [2.45, 2.75) is 24.1 Å². The number of aromatic nitrogens is 2. The number of nitrogens with zero attached hydrogens (tertiary/aromatic N) is 2. The first-order valence-corrected chi connectivity index (χ1v) is 5.12. The molecule has 0 saturated heterocycles. The van der Waals surface area contributed by atoms with Gasteiger partial charge in [0.05, 0.1) is 4.47 Å². The van der Waals surface area contributed by atoms with Crippen molar-refractivity contribution in [1.82, 2.24) is 9.78 Å². The number of hydrogen-bond donors (Lipinski definition) is 0. The van der Waals surface area contributed by atoms with Gasteiger partial charge in [-0.1, -0.05) is 13.8 Å². The standard InChI is InChI=1S/C7H11BrN2S/c1-5(2)11-7-6(8)4-10(3)9-7/h4-5H,1-3H3. The van der Waals surface area contributed by atoms with Crippen molar-refractivity contribution < 1.29 is 0 Å². The maximum Gasteiger partial charge on any atom is 0.133 e. The minimum Gasteiger partial charge on any atom is -0.274 e. The predicted molar refractivity (Wildman–Crippen MR) is 51.9 cm³/mol. The van der Waals surface area contributed by atoms with Crippen LogP contribution in [0.4, 0.5) is 0 Å². The molecule has 2 nitrogen and oxygen atoms in total. The van der Waals surface area contributed by atoms with E-state index in [1.54, 1.807) is 11.8 Å². The zero-order chi connectivity index (χ0) is 8.43. The second kappa shape index (κ2) is 3.63. The van der Waals surface area contributed by atoms with Gasteiger partial charge in [-0.15, -0.1) is 11.8 Å². The third-order valence-electron chi connectivity index (χ3n) is 1.10. The molecule has 4 heteroatoms. The van der Waals surface area contributed by atoms with Crippen molar-refractivity contribution in [2.24, 2.45) is 7.05 Å². The molecule has 1 aromatic rings. The molecular weight excluding hydrogens is 224 g/mol. The van der Waals surface area contributed by atoms with Gasteiger partial charge in [-0.2, -0.15) is 5.10 Å². The minimum atomic E-state index is 0.584. The van der Waals surface area contributed by atoms with Crippen molar-refractivity contribution in [3.8, 4) is 0 Å². The second-order valence-corrected chi connectivity index (χ2v) is 5.04. The highest BCUT2D eigenvalue weighted by molar-refractivity contribution is 9.10. The smallest absolute Gasteiger partial charge is 0.133 e. The monoisotopic (exact) mass is 234 g/mol. The Hall–Kier alpha value is 0.0400. The van der Waals surface area contributed by atoms with E-state index >= 15 is 0 Å². The van der Waals surface area contributed by atoms with Gasteiger partial charge >= 0.3 is 0 Å². The van der Waals surface area contributed by atoms with Crippen LogP contribution in [-0.2, 0) is 7.05 Å².